The Hall–Kier alpha value is -0.340. The Morgan fingerprint density at radius 1 is 1.50 bits per heavy atom. The fraction of sp³-hybridized carbons (Fsp3) is 0.600. The summed E-state index contributed by atoms with van der Waals surface area (Å²) < 4.78 is 0. The molecule has 1 aliphatic carbocycles. The van der Waals surface area contributed by atoms with Gasteiger partial charge in [-0.1, -0.05) is 6.07 Å². The highest BCUT2D eigenvalue weighted by atomic mass is 32.1. The molecule has 0 spiro atoms. The molecule has 0 atom stereocenters. The first-order valence-electron chi connectivity index (χ1n) is 4.53. The molecule has 12 heavy (non-hydrogen) atoms. The van der Waals surface area contributed by atoms with Crippen LogP contribution in [0.15, 0.2) is 17.5 Å². The number of aliphatic hydroxyl groups is 1. The maximum Gasteiger partial charge on any atom is 0.0650 e. The van der Waals surface area contributed by atoms with Gasteiger partial charge in [-0.05, 0) is 43.6 Å². The Balaban J connectivity index is 1.69. The first-order valence-corrected chi connectivity index (χ1v) is 5.41. The molecule has 1 aromatic heterocycles. The zero-order valence-corrected chi connectivity index (χ0v) is 7.94. The average molecular weight is 182 g/mol. The Labute approximate surface area is 77.0 Å². The van der Waals surface area contributed by atoms with Gasteiger partial charge in [0.05, 0.1) is 5.60 Å². The molecule has 0 bridgehead atoms. The first kappa shape index (κ1) is 8.27. The van der Waals surface area contributed by atoms with E-state index in [1.807, 2.05) is 11.3 Å². The van der Waals surface area contributed by atoms with Gasteiger partial charge in [0.1, 0.15) is 0 Å². The van der Waals surface area contributed by atoms with Crippen LogP contribution in [-0.2, 0) is 6.42 Å². The number of rotatable bonds is 4. The summed E-state index contributed by atoms with van der Waals surface area (Å²) in [6, 6.07) is 4.26. The average Bonchev–Trinajstić information content (AvgIpc) is 2.61. The molecule has 1 saturated carbocycles. The molecule has 0 aliphatic heterocycles. The predicted octanol–water partition coefficient (Wildman–Crippen LogP) is 2.60. The van der Waals surface area contributed by atoms with Gasteiger partial charge < -0.3 is 5.11 Å². The summed E-state index contributed by atoms with van der Waals surface area (Å²) in [7, 11) is 0. The summed E-state index contributed by atoms with van der Waals surface area (Å²) >= 11 is 1.81. The van der Waals surface area contributed by atoms with Crippen LogP contribution in [0, 0.1) is 0 Å². The van der Waals surface area contributed by atoms with E-state index in [0.29, 0.717) is 0 Å². The maximum absolute atomic E-state index is 9.56. The lowest BCUT2D eigenvalue weighted by Gasteiger charge is -2.04. The van der Waals surface area contributed by atoms with Crippen LogP contribution in [0.3, 0.4) is 0 Å². The third-order valence-corrected chi connectivity index (χ3v) is 3.41. The summed E-state index contributed by atoms with van der Waals surface area (Å²) in [5.41, 5.74) is -0.253. The molecule has 0 aromatic carbocycles. The van der Waals surface area contributed by atoms with Crippen molar-refractivity contribution in [3.8, 4) is 0 Å². The number of thiophene rings is 1. The van der Waals surface area contributed by atoms with Gasteiger partial charge >= 0.3 is 0 Å². The van der Waals surface area contributed by atoms with Crippen molar-refractivity contribution in [2.24, 2.45) is 0 Å². The number of hydrogen-bond acceptors (Lipinski definition) is 2. The highest BCUT2D eigenvalue weighted by Gasteiger charge is 2.39. The molecule has 2 rings (SSSR count). The van der Waals surface area contributed by atoms with E-state index in [1.165, 1.54) is 4.88 Å². The molecule has 0 saturated heterocycles. The Bertz CT molecular complexity index is 236. The standard InChI is InChI=1S/C10H14OS/c11-10(6-7-10)5-1-3-9-4-2-8-12-9/h2,4,8,11H,1,3,5-7H2. The van der Waals surface area contributed by atoms with Crippen molar-refractivity contribution in [2.45, 2.75) is 37.7 Å². The molecular weight excluding hydrogens is 168 g/mol. The topological polar surface area (TPSA) is 20.2 Å². The molecule has 1 nitrogen and oxygen atoms in total. The highest BCUT2D eigenvalue weighted by molar-refractivity contribution is 7.09. The lowest BCUT2D eigenvalue weighted by molar-refractivity contribution is 0.137. The van der Waals surface area contributed by atoms with Crippen molar-refractivity contribution in [2.75, 3.05) is 0 Å². The van der Waals surface area contributed by atoms with Crippen LogP contribution in [0.1, 0.15) is 30.6 Å². The van der Waals surface area contributed by atoms with Crippen LogP contribution in [-0.4, -0.2) is 10.7 Å². The minimum atomic E-state index is -0.253. The Morgan fingerprint density at radius 2 is 2.33 bits per heavy atom. The third-order valence-electron chi connectivity index (χ3n) is 2.47. The molecule has 66 valence electrons. The van der Waals surface area contributed by atoms with E-state index < -0.39 is 0 Å². The first-order chi connectivity index (χ1) is 5.79. The fourth-order valence-corrected chi connectivity index (χ4v) is 2.19. The molecule has 1 heterocycles. The van der Waals surface area contributed by atoms with Crippen molar-refractivity contribution in [3.63, 3.8) is 0 Å². The van der Waals surface area contributed by atoms with Gasteiger partial charge in [0.15, 0.2) is 0 Å². The minimum Gasteiger partial charge on any atom is -0.390 e. The second-order valence-electron chi connectivity index (χ2n) is 3.66. The smallest absolute Gasteiger partial charge is 0.0650 e. The summed E-state index contributed by atoms with van der Waals surface area (Å²) in [6.45, 7) is 0. The second-order valence-corrected chi connectivity index (χ2v) is 4.69. The minimum absolute atomic E-state index is 0.253. The van der Waals surface area contributed by atoms with Crippen molar-refractivity contribution in [1.29, 1.82) is 0 Å². The van der Waals surface area contributed by atoms with Gasteiger partial charge in [-0.2, -0.15) is 0 Å². The Morgan fingerprint density at radius 3 is 2.92 bits per heavy atom. The van der Waals surface area contributed by atoms with E-state index >= 15 is 0 Å². The van der Waals surface area contributed by atoms with Gasteiger partial charge in [-0.15, -0.1) is 11.3 Å². The van der Waals surface area contributed by atoms with Gasteiger partial charge in [-0.3, -0.25) is 0 Å². The van der Waals surface area contributed by atoms with Crippen LogP contribution in [0.25, 0.3) is 0 Å². The normalized spacial score (nSPS) is 19.4. The largest absolute Gasteiger partial charge is 0.390 e. The quantitative estimate of drug-likeness (QED) is 0.759. The van der Waals surface area contributed by atoms with Crippen LogP contribution in [0.4, 0.5) is 0 Å². The molecule has 2 heteroatoms. The summed E-state index contributed by atoms with van der Waals surface area (Å²) in [5.74, 6) is 0. The van der Waals surface area contributed by atoms with Crippen LogP contribution in [0.2, 0.25) is 0 Å². The van der Waals surface area contributed by atoms with Crippen LogP contribution < -0.4 is 0 Å². The van der Waals surface area contributed by atoms with Crippen molar-refractivity contribution < 1.29 is 5.11 Å². The zero-order chi connectivity index (χ0) is 8.44. The van der Waals surface area contributed by atoms with E-state index in [1.54, 1.807) is 0 Å². The number of aryl methyl sites for hydroxylation is 1. The molecule has 0 unspecified atom stereocenters. The predicted molar refractivity (Wildman–Crippen MR) is 51.4 cm³/mol. The van der Waals surface area contributed by atoms with E-state index in [9.17, 15) is 5.11 Å². The van der Waals surface area contributed by atoms with Crippen LogP contribution >= 0.6 is 11.3 Å². The molecule has 1 aliphatic rings. The molecule has 1 fully saturated rings. The number of hydrogen-bond donors (Lipinski definition) is 1. The fourth-order valence-electron chi connectivity index (χ4n) is 1.44. The second kappa shape index (κ2) is 3.19. The maximum atomic E-state index is 9.56. The van der Waals surface area contributed by atoms with Crippen molar-refractivity contribution in [3.05, 3.63) is 22.4 Å². The van der Waals surface area contributed by atoms with Gasteiger partial charge in [0, 0.05) is 4.88 Å². The highest BCUT2D eigenvalue weighted by Crippen LogP contribution is 2.39. The van der Waals surface area contributed by atoms with Crippen LogP contribution in [0.5, 0.6) is 0 Å². The summed E-state index contributed by atoms with van der Waals surface area (Å²) in [5, 5.41) is 11.7. The van der Waals surface area contributed by atoms with E-state index in [0.717, 1.165) is 32.1 Å². The molecule has 1 aromatic rings. The van der Waals surface area contributed by atoms with E-state index in [-0.39, 0.29) is 5.60 Å². The summed E-state index contributed by atoms with van der Waals surface area (Å²) in [6.07, 6.45) is 5.32. The van der Waals surface area contributed by atoms with E-state index in [2.05, 4.69) is 17.5 Å². The van der Waals surface area contributed by atoms with Crippen molar-refractivity contribution in [1.82, 2.24) is 0 Å². The molecule has 0 radical (unpaired) electrons. The third kappa shape index (κ3) is 2.08. The van der Waals surface area contributed by atoms with Crippen molar-refractivity contribution >= 4 is 11.3 Å². The monoisotopic (exact) mass is 182 g/mol. The lowest BCUT2D eigenvalue weighted by Crippen LogP contribution is -2.05. The van der Waals surface area contributed by atoms with Gasteiger partial charge in [0.2, 0.25) is 0 Å². The summed E-state index contributed by atoms with van der Waals surface area (Å²) in [4.78, 5) is 1.44. The van der Waals surface area contributed by atoms with E-state index in [4.69, 9.17) is 0 Å². The zero-order valence-electron chi connectivity index (χ0n) is 7.12. The Kier molecular flexibility index (Phi) is 2.20. The molecular formula is C10H14OS. The van der Waals surface area contributed by atoms with Gasteiger partial charge in [0.25, 0.3) is 0 Å². The molecule has 1 N–H and O–H groups in total. The van der Waals surface area contributed by atoms with Gasteiger partial charge in [-0.25, -0.2) is 0 Å². The SMILES string of the molecule is OC1(CCCc2cccs2)CC1. The molecule has 0 amide bonds. The lowest BCUT2D eigenvalue weighted by atomic mass is 10.1.